The van der Waals surface area contributed by atoms with Gasteiger partial charge < -0.3 is 53.5 Å². The van der Waals surface area contributed by atoms with Crippen molar-refractivity contribution >= 4 is 41.9 Å². The third kappa shape index (κ3) is 13.9. The highest BCUT2D eigenvalue weighted by Crippen LogP contribution is 2.09. The molecule has 15 nitrogen and oxygen atoms in total. The van der Waals surface area contributed by atoms with Crippen LogP contribution in [0.2, 0.25) is 0 Å². The minimum absolute atomic E-state index is 0.0418. The zero-order chi connectivity index (χ0) is 33.2. The van der Waals surface area contributed by atoms with Crippen LogP contribution in [0.5, 0.6) is 0 Å². The molecule has 1 heterocycles. The molecule has 13 N–H and O–H groups in total. The fourth-order valence-electron chi connectivity index (χ4n) is 4.61. The SMILES string of the molecule is CCNC(CCCN=C(N)N)C(=O)NC(Cc1c[nH]c(=S)[nH]1)C(=O)NC(CCCCN)C(=O)NC(Cc1ccccc1)C(=O)O. The Labute approximate surface area is 267 Å². The molecule has 4 atom stereocenters. The first-order valence-electron chi connectivity index (χ1n) is 15.0. The number of aromatic nitrogens is 2. The van der Waals surface area contributed by atoms with E-state index in [1.165, 1.54) is 0 Å². The van der Waals surface area contributed by atoms with Crippen molar-refractivity contribution in [3.05, 3.63) is 52.6 Å². The van der Waals surface area contributed by atoms with E-state index >= 15 is 0 Å². The molecule has 0 fully saturated rings. The van der Waals surface area contributed by atoms with E-state index in [-0.39, 0.29) is 25.2 Å². The summed E-state index contributed by atoms with van der Waals surface area (Å²) in [5, 5.41) is 21.0. The third-order valence-electron chi connectivity index (χ3n) is 6.90. The van der Waals surface area contributed by atoms with Crippen molar-refractivity contribution in [1.82, 2.24) is 31.2 Å². The lowest BCUT2D eigenvalue weighted by Gasteiger charge is -2.26. The standard InChI is InChI=1S/C29H46N10O5S/c1-2-33-20(12-8-14-34-28(31)32)24(40)38-22(16-19-17-35-29(45)36-19)26(42)37-21(11-6-7-13-30)25(41)39-23(27(43)44)15-18-9-4-3-5-10-18/h3-5,9-10,17,20-23,33H,2,6-8,11-16,30H2,1H3,(H,37,42)(H,38,40)(H,39,41)(H,43,44)(H4,31,32,34)(H2,35,36,45). The third-order valence-corrected chi connectivity index (χ3v) is 7.12. The van der Waals surface area contributed by atoms with Crippen molar-refractivity contribution in [1.29, 1.82) is 0 Å². The van der Waals surface area contributed by atoms with Gasteiger partial charge in [-0.15, -0.1) is 0 Å². The maximum absolute atomic E-state index is 13.7. The number of carboxylic acid groups (broad SMARTS) is 1. The number of guanidine groups is 1. The Bertz CT molecular complexity index is 1310. The van der Waals surface area contributed by atoms with Gasteiger partial charge in [0.2, 0.25) is 17.7 Å². The van der Waals surface area contributed by atoms with Gasteiger partial charge in [0, 0.05) is 31.3 Å². The van der Waals surface area contributed by atoms with Crippen LogP contribution in [0, 0.1) is 4.77 Å². The van der Waals surface area contributed by atoms with Crippen molar-refractivity contribution in [2.24, 2.45) is 22.2 Å². The molecule has 1 aromatic carbocycles. The van der Waals surface area contributed by atoms with Crippen LogP contribution in [-0.2, 0) is 32.0 Å². The fourth-order valence-corrected chi connectivity index (χ4v) is 4.80. The van der Waals surface area contributed by atoms with Gasteiger partial charge in [0.1, 0.15) is 18.1 Å². The number of H-pyrrole nitrogens is 2. The Kier molecular flexibility index (Phi) is 16.3. The largest absolute Gasteiger partial charge is 0.480 e. The lowest BCUT2D eigenvalue weighted by molar-refractivity contribution is -0.142. The summed E-state index contributed by atoms with van der Waals surface area (Å²) in [5.41, 5.74) is 17.7. The first-order valence-corrected chi connectivity index (χ1v) is 15.4. The molecule has 0 aliphatic rings. The number of imidazole rings is 1. The molecule has 0 saturated carbocycles. The highest BCUT2D eigenvalue weighted by Gasteiger charge is 2.31. The van der Waals surface area contributed by atoms with Gasteiger partial charge in [0.25, 0.3) is 0 Å². The van der Waals surface area contributed by atoms with E-state index in [0.717, 1.165) is 5.56 Å². The number of rotatable bonds is 21. The smallest absolute Gasteiger partial charge is 0.326 e. The molecule has 1 aromatic heterocycles. The van der Waals surface area contributed by atoms with Crippen LogP contribution in [0.4, 0.5) is 0 Å². The number of benzene rings is 1. The van der Waals surface area contributed by atoms with Crippen molar-refractivity contribution in [3.8, 4) is 0 Å². The summed E-state index contributed by atoms with van der Waals surface area (Å²) in [6.07, 6.45) is 3.93. The molecule has 16 heteroatoms. The molecule has 4 unspecified atom stereocenters. The highest BCUT2D eigenvalue weighted by molar-refractivity contribution is 7.71. The lowest BCUT2D eigenvalue weighted by atomic mass is 10.0. The molecule has 0 radical (unpaired) electrons. The lowest BCUT2D eigenvalue weighted by Crippen LogP contribution is -2.58. The summed E-state index contributed by atoms with van der Waals surface area (Å²) in [6.45, 7) is 3.07. The monoisotopic (exact) mass is 646 g/mol. The van der Waals surface area contributed by atoms with E-state index in [1.807, 2.05) is 13.0 Å². The molecule has 0 aliphatic heterocycles. The van der Waals surface area contributed by atoms with Gasteiger partial charge in [-0.2, -0.15) is 0 Å². The molecule has 0 spiro atoms. The van der Waals surface area contributed by atoms with Crippen LogP contribution in [0.1, 0.15) is 50.3 Å². The topological polar surface area (TPSA) is 259 Å². The number of nitrogens with one attached hydrogen (secondary N) is 6. The molecule has 0 saturated heterocycles. The zero-order valence-corrected chi connectivity index (χ0v) is 26.3. The maximum atomic E-state index is 13.7. The summed E-state index contributed by atoms with van der Waals surface area (Å²) < 4.78 is 0.345. The van der Waals surface area contributed by atoms with Crippen molar-refractivity contribution in [2.75, 3.05) is 19.6 Å². The summed E-state index contributed by atoms with van der Waals surface area (Å²) in [5.74, 6) is -2.95. The number of carbonyl (C=O) groups is 4. The minimum Gasteiger partial charge on any atom is -0.480 e. The molecule has 2 rings (SSSR count). The minimum atomic E-state index is -1.22. The molecular weight excluding hydrogens is 600 g/mol. The van der Waals surface area contributed by atoms with Crippen LogP contribution in [0.15, 0.2) is 41.5 Å². The number of likely N-dealkylation sites (N-methyl/N-ethyl adjacent to an activating group) is 1. The van der Waals surface area contributed by atoms with Crippen LogP contribution in [-0.4, -0.2) is 88.5 Å². The van der Waals surface area contributed by atoms with Crippen molar-refractivity contribution in [2.45, 2.75) is 76.0 Å². The summed E-state index contributed by atoms with van der Waals surface area (Å²) in [6, 6.07) is 4.88. The number of unbranched alkanes of at least 4 members (excludes halogenated alkanes) is 1. The highest BCUT2D eigenvalue weighted by atomic mass is 32.1. The zero-order valence-electron chi connectivity index (χ0n) is 25.5. The number of amides is 3. The second-order valence-corrected chi connectivity index (χ2v) is 10.9. The Hall–Kier alpha value is -4.28. The van der Waals surface area contributed by atoms with Crippen LogP contribution < -0.4 is 38.5 Å². The number of carboxylic acids is 1. The van der Waals surface area contributed by atoms with E-state index in [0.29, 0.717) is 55.8 Å². The normalized spacial score (nSPS) is 13.6. The Morgan fingerprint density at radius 2 is 1.51 bits per heavy atom. The Balaban J connectivity index is 2.24. The second kappa shape index (κ2) is 19.9. The number of hydrogen-bond acceptors (Lipinski definition) is 8. The number of carbonyl (C=O) groups excluding carboxylic acids is 3. The predicted octanol–water partition coefficient (Wildman–Crippen LogP) is -0.443. The van der Waals surface area contributed by atoms with Gasteiger partial charge >= 0.3 is 5.97 Å². The quantitative estimate of drug-likeness (QED) is 0.0362. The molecular formula is C29H46N10O5S. The van der Waals surface area contributed by atoms with Gasteiger partial charge in [0.15, 0.2) is 10.7 Å². The first-order chi connectivity index (χ1) is 21.5. The summed E-state index contributed by atoms with van der Waals surface area (Å²) in [7, 11) is 0. The molecule has 0 bridgehead atoms. The average molecular weight is 647 g/mol. The van der Waals surface area contributed by atoms with Crippen LogP contribution >= 0.6 is 12.2 Å². The first kappa shape index (κ1) is 36.9. The van der Waals surface area contributed by atoms with Crippen molar-refractivity contribution < 1.29 is 24.3 Å². The Morgan fingerprint density at radius 1 is 0.889 bits per heavy atom. The van der Waals surface area contributed by atoms with E-state index in [4.69, 9.17) is 29.4 Å². The van der Waals surface area contributed by atoms with Crippen LogP contribution in [0.25, 0.3) is 0 Å². The van der Waals surface area contributed by atoms with Gasteiger partial charge in [-0.3, -0.25) is 19.4 Å². The van der Waals surface area contributed by atoms with Gasteiger partial charge in [-0.05, 0) is 63.0 Å². The van der Waals surface area contributed by atoms with Crippen LogP contribution in [0.3, 0.4) is 0 Å². The van der Waals surface area contributed by atoms with Gasteiger partial charge in [-0.1, -0.05) is 37.3 Å². The number of aromatic amines is 2. The molecule has 3 amide bonds. The Morgan fingerprint density at radius 3 is 2.11 bits per heavy atom. The maximum Gasteiger partial charge on any atom is 0.326 e. The summed E-state index contributed by atoms with van der Waals surface area (Å²) >= 11 is 5.12. The number of hydrogen-bond donors (Lipinski definition) is 10. The van der Waals surface area contributed by atoms with E-state index in [9.17, 15) is 24.3 Å². The number of nitrogens with two attached hydrogens (primary N) is 3. The van der Waals surface area contributed by atoms with Gasteiger partial charge in [-0.25, -0.2) is 4.79 Å². The molecule has 45 heavy (non-hydrogen) atoms. The number of aliphatic imine (C=N–C) groups is 1. The second-order valence-electron chi connectivity index (χ2n) is 10.5. The van der Waals surface area contributed by atoms with E-state index < -0.39 is 47.9 Å². The van der Waals surface area contributed by atoms with Gasteiger partial charge in [0.05, 0.1) is 6.04 Å². The fraction of sp³-hybridized carbons (Fsp3) is 0.517. The molecule has 0 aliphatic carbocycles. The van der Waals surface area contributed by atoms with E-state index in [1.54, 1.807) is 30.5 Å². The van der Waals surface area contributed by atoms with E-state index in [2.05, 4.69) is 36.2 Å². The number of nitrogens with zero attached hydrogens (tertiary/aromatic N) is 1. The molecule has 248 valence electrons. The average Bonchev–Trinajstić information content (AvgIpc) is 3.41. The molecule has 2 aromatic rings. The summed E-state index contributed by atoms with van der Waals surface area (Å²) in [4.78, 5) is 62.2. The predicted molar refractivity (Wildman–Crippen MR) is 174 cm³/mol. The number of aliphatic carboxylic acids is 1. The van der Waals surface area contributed by atoms with Crippen molar-refractivity contribution in [3.63, 3.8) is 0 Å².